The Labute approximate surface area is 87.8 Å². The van der Waals surface area contributed by atoms with Crippen molar-refractivity contribution < 1.29 is 9.90 Å². The van der Waals surface area contributed by atoms with Crippen molar-refractivity contribution in [2.45, 2.75) is 18.8 Å². The number of nitrogens with one attached hydrogen (secondary N) is 1. The molecule has 0 amide bonds. The molecule has 4 heteroatoms. The predicted octanol–water partition coefficient (Wildman–Crippen LogP) is 1.70. The minimum absolute atomic E-state index is 0.610. The van der Waals surface area contributed by atoms with Crippen LogP contribution in [0.1, 0.15) is 18.2 Å². The largest absolute Gasteiger partial charge is 0.481 e. The zero-order valence-electron chi connectivity index (χ0n) is 8.41. The van der Waals surface area contributed by atoms with Crippen molar-refractivity contribution in [1.29, 1.82) is 0 Å². The van der Waals surface area contributed by atoms with E-state index in [1.54, 1.807) is 6.92 Å². The molecule has 0 saturated heterocycles. The van der Waals surface area contributed by atoms with E-state index in [4.69, 9.17) is 0 Å². The molecular weight excluding hydrogens is 198 g/mol. The highest BCUT2D eigenvalue weighted by atomic mass is 32.1. The van der Waals surface area contributed by atoms with Crippen molar-refractivity contribution in [2.75, 3.05) is 13.6 Å². The van der Waals surface area contributed by atoms with Crippen LogP contribution in [0.2, 0.25) is 0 Å². The molecule has 1 rings (SSSR count). The van der Waals surface area contributed by atoms with Crippen molar-refractivity contribution in [1.82, 2.24) is 5.32 Å². The average Bonchev–Trinajstić information content (AvgIpc) is 2.66. The SMILES string of the molecule is CNCCC(C)(C(=O)O)c1cccs1. The van der Waals surface area contributed by atoms with Gasteiger partial charge in [-0.1, -0.05) is 6.07 Å². The van der Waals surface area contributed by atoms with E-state index in [1.807, 2.05) is 24.6 Å². The molecule has 0 aliphatic rings. The molecule has 2 N–H and O–H groups in total. The molecule has 0 saturated carbocycles. The van der Waals surface area contributed by atoms with E-state index in [0.29, 0.717) is 13.0 Å². The van der Waals surface area contributed by atoms with Crippen LogP contribution < -0.4 is 5.32 Å². The quantitative estimate of drug-likeness (QED) is 0.782. The van der Waals surface area contributed by atoms with Gasteiger partial charge >= 0.3 is 5.97 Å². The van der Waals surface area contributed by atoms with Gasteiger partial charge in [0, 0.05) is 4.88 Å². The van der Waals surface area contributed by atoms with E-state index in [9.17, 15) is 9.90 Å². The molecule has 1 heterocycles. The first kappa shape index (κ1) is 11.2. The van der Waals surface area contributed by atoms with Crippen molar-refractivity contribution in [3.8, 4) is 0 Å². The van der Waals surface area contributed by atoms with Crippen molar-refractivity contribution in [3.05, 3.63) is 22.4 Å². The lowest BCUT2D eigenvalue weighted by Crippen LogP contribution is -2.34. The van der Waals surface area contributed by atoms with Gasteiger partial charge < -0.3 is 10.4 Å². The van der Waals surface area contributed by atoms with Gasteiger partial charge in [-0.2, -0.15) is 0 Å². The maximum atomic E-state index is 11.2. The molecule has 1 aromatic rings. The zero-order chi connectivity index (χ0) is 10.6. The highest BCUT2D eigenvalue weighted by Crippen LogP contribution is 2.31. The molecule has 3 nitrogen and oxygen atoms in total. The summed E-state index contributed by atoms with van der Waals surface area (Å²) in [5, 5.41) is 14.1. The summed E-state index contributed by atoms with van der Waals surface area (Å²) in [6.07, 6.45) is 0.610. The Morgan fingerprint density at radius 1 is 1.71 bits per heavy atom. The number of carboxylic acids is 1. The molecule has 0 radical (unpaired) electrons. The lowest BCUT2D eigenvalue weighted by atomic mass is 9.85. The lowest BCUT2D eigenvalue weighted by molar-refractivity contribution is -0.143. The summed E-state index contributed by atoms with van der Waals surface area (Å²) >= 11 is 1.50. The molecule has 1 atom stereocenters. The second-order valence-electron chi connectivity index (χ2n) is 3.47. The summed E-state index contributed by atoms with van der Waals surface area (Å²) in [5.74, 6) is -0.754. The van der Waals surface area contributed by atoms with Crippen molar-refractivity contribution in [3.63, 3.8) is 0 Å². The Hall–Kier alpha value is -0.870. The van der Waals surface area contributed by atoms with Gasteiger partial charge in [0.2, 0.25) is 0 Å². The molecule has 0 bridgehead atoms. The molecule has 1 unspecified atom stereocenters. The zero-order valence-corrected chi connectivity index (χ0v) is 9.23. The van der Waals surface area contributed by atoms with Crippen LogP contribution in [0.3, 0.4) is 0 Å². The summed E-state index contributed by atoms with van der Waals surface area (Å²) in [5.41, 5.74) is -0.753. The summed E-state index contributed by atoms with van der Waals surface area (Å²) < 4.78 is 0. The molecule has 0 aliphatic carbocycles. The van der Waals surface area contributed by atoms with Gasteiger partial charge in [0.05, 0.1) is 0 Å². The third-order valence-electron chi connectivity index (χ3n) is 2.41. The second-order valence-corrected chi connectivity index (χ2v) is 4.42. The molecular formula is C10H15NO2S. The highest BCUT2D eigenvalue weighted by Gasteiger charge is 2.35. The second kappa shape index (κ2) is 4.57. The summed E-state index contributed by atoms with van der Waals surface area (Å²) in [4.78, 5) is 12.1. The van der Waals surface area contributed by atoms with Crippen molar-refractivity contribution in [2.24, 2.45) is 0 Å². The normalized spacial score (nSPS) is 15.0. The van der Waals surface area contributed by atoms with Gasteiger partial charge in [0.15, 0.2) is 0 Å². The Balaban J connectivity index is 2.87. The summed E-state index contributed by atoms with van der Waals surface area (Å²) in [6.45, 7) is 2.49. The van der Waals surface area contributed by atoms with E-state index in [-0.39, 0.29) is 0 Å². The van der Waals surface area contributed by atoms with Gasteiger partial charge in [-0.3, -0.25) is 4.79 Å². The molecule has 0 aliphatic heterocycles. The monoisotopic (exact) mass is 213 g/mol. The molecule has 1 aromatic heterocycles. The van der Waals surface area contributed by atoms with Crippen LogP contribution in [0.15, 0.2) is 17.5 Å². The third-order valence-corrected chi connectivity index (χ3v) is 3.55. The first-order chi connectivity index (χ1) is 6.61. The number of hydrogen-bond donors (Lipinski definition) is 2. The maximum Gasteiger partial charge on any atom is 0.314 e. The summed E-state index contributed by atoms with van der Waals surface area (Å²) in [7, 11) is 1.83. The van der Waals surface area contributed by atoms with Crippen LogP contribution in [-0.2, 0) is 10.2 Å². The van der Waals surface area contributed by atoms with Crippen LogP contribution in [0.5, 0.6) is 0 Å². The van der Waals surface area contributed by atoms with E-state index in [0.717, 1.165) is 4.88 Å². The Kier molecular flexibility index (Phi) is 3.66. The first-order valence-corrected chi connectivity index (χ1v) is 5.41. The van der Waals surface area contributed by atoms with Crippen LogP contribution in [-0.4, -0.2) is 24.7 Å². The predicted molar refractivity (Wildman–Crippen MR) is 57.9 cm³/mol. The fraction of sp³-hybridized carbons (Fsp3) is 0.500. The molecule has 78 valence electrons. The van der Waals surface area contributed by atoms with E-state index in [2.05, 4.69) is 5.32 Å². The third kappa shape index (κ3) is 2.13. The Bertz CT molecular complexity index is 297. The number of aliphatic carboxylic acids is 1. The van der Waals surface area contributed by atoms with Crippen LogP contribution in [0.4, 0.5) is 0 Å². The fourth-order valence-corrected chi connectivity index (χ4v) is 2.21. The number of carboxylic acid groups (broad SMARTS) is 1. The van der Waals surface area contributed by atoms with Crippen LogP contribution in [0, 0.1) is 0 Å². The molecule has 14 heavy (non-hydrogen) atoms. The highest BCUT2D eigenvalue weighted by molar-refractivity contribution is 7.10. The van der Waals surface area contributed by atoms with Crippen LogP contribution in [0.25, 0.3) is 0 Å². The Morgan fingerprint density at radius 3 is 2.86 bits per heavy atom. The van der Waals surface area contributed by atoms with Crippen molar-refractivity contribution >= 4 is 17.3 Å². The maximum absolute atomic E-state index is 11.2. The van der Waals surface area contributed by atoms with Gasteiger partial charge in [-0.05, 0) is 38.4 Å². The summed E-state index contributed by atoms with van der Waals surface area (Å²) in [6, 6.07) is 3.77. The van der Waals surface area contributed by atoms with Gasteiger partial charge in [0.25, 0.3) is 0 Å². The number of hydrogen-bond acceptors (Lipinski definition) is 3. The molecule has 0 aromatic carbocycles. The number of carbonyl (C=O) groups is 1. The smallest absolute Gasteiger partial charge is 0.314 e. The van der Waals surface area contributed by atoms with E-state index >= 15 is 0 Å². The average molecular weight is 213 g/mol. The molecule has 0 fully saturated rings. The van der Waals surface area contributed by atoms with E-state index < -0.39 is 11.4 Å². The minimum atomic E-state index is -0.754. The standard InChI is InChI=1S/C10H15NO2S/c1-10(9(12)13,5-6-11-2)8-4-3-7-14-8/h3-4,7,11H,5-6H2,1-2H3,(H,12,13). The van der Waals surface area contributed by atoms with Gasteiger partial charge in [0.1, 0.15) is 5.41 Å². The van der Waals surface area contributed by atoms with E-state index in [1.165, 1.54) is 11.3 Å². The Morgan fingerprint density at radius 2 is 2.43 bits per heavy atom. The number of thiophene rings is 1. The minimum Gasteiger partial charge on any atom is -0.481 e. The number of rotatable bonds is 5. The molecule has 0 spiro atoms. The first-order valence-electron chi connectivity index (χ1n) is 4.53. The topological polar surface area (TPSA) is 49.3 Å². The van der Waals surface area contributed by atoms with Crippen LogP contribution >= 0.6 is 11.3 Å². The van der Waals surface area contributed by atoms with Gasteiger partial charge in [-0.15, -0.1) is 11.3 Å². The van der Waals surface area contributed by atoms with Gasteiger partial charge in [-0.25, -0.2) is 0 Å². The lowest BCUT2D eigenvalue weighted by Gasteiger charge is -2.23. The fourth-order valence-electron chi connectivity index (χ4n) is 1.30.